The van der Waals surface area contributed by atoms with Crippen molar-refractivity contribution in [3.63, 3.8) is 0 Å². The predicted molar refractivity (Wildman–Crippen MR) is 78.1 cm³/mol. The quantitative estimate of drug-likeness (QED) is 0.633. The van der Waals surface area contributed by atoms with Crippen LogP contribution in [0.4, 0.5) is 0 Å². The zero-order valence-corrected chi connectivity index (χ0v) is 12.6. The van der Waals surface area contributed by atoms with Crippen LogP contribution in [0.5, 0.6) is 0 Å². The van der Waals surface area contributed by atoms with Gasteiger partial charge in [0.2, 0.25) is 0 Å². The predicted octanol–water partition coefficient (Wildman–Crippen LogP) is 3.96. The molecule has 1 atom stereocenters. The van der Waals surface area contributed by atoms with Crippen molar-refractivity contribution in [2.45, 2.75) is 19.8 Å². The van der Waals surface area contributed by atoms with E-state index < -0.39 is 0 Å². The summed E-state index contributed by atoms with van der Waals surface area (Å²) in [6, 6.07) is 7.70. The van der Waals surface area contributed by atoms with Crippen molar-refractivity contribution in [2.24, 2.45) is 0 Å². The van der Waals surface area contributed by atoms with Gasteiger partial charge in [-0.1, -0.05) is 0 Å². The molecule has 2 rings (SSSR count). The van der Waals surface area contributed by atoms with Crippen molar-refractivity contribution in [3.05, 3.63) is 34.0 Å². The summed E-state index contributed by atoms with van der Waals surface area (Å²) in [5.74, 6) is -0.407. The van der Waals surface area contributed by atoms with Crippen LogP contribution in [0.2, 0.25) is 0 Å². The molecule has 0 amide bonds. The van der Waals surface area contributed by atoms with Crippen molar-refractivity contribution < 1.29 is 14.3 Å². The second-order valence-electron chi connectivity index (χ2n) is 4.17. The number of methoxy groups -OCH3 is 1. The van der Waals surface area contributed by atoms with E-state index in [2.05, 4.69) is 0 Å². The van der Waals surface area contributed by atoms with Gasteiger partial charge in [0, 0.05) is 14.6 Å². The summed E-state index contributed by atoms with van der Waals surface area (Å²) < 4.78 is 4.74. The number of carbonyl (C=O) groups is 2. The van der Waals surface area contributed by atoms with E-state index in [0.29, 0.717) is 0 Å². The Hall–Kier alpha value is -1.46. The van der Waals surface area contributed by atoms with E-state index in [9.17, 15) is 9.59 Å². The van der Waals surface area contributed by atoms with Crippen molar-refractivity contribution in [3.8, 4) is 9.75 Å². The fourth-order valence-corrected chi connectivity index (χ4v) is 3.71. The van der Waals surface area contributed by atoms with Gasteiger partial charge in [-0.2, -0.15) is 0 Å². The monoisotopic (exact) mass is 294 g/mol. The molecule has 3 nitrogen and oxygen atoms in total. The highest BCUT2D eigenvalue weighted by molar-refractivity contribution is 7.23. The van der Waals surface area contributed by atoms with Crippen LogP contribution >= 0.6 is 22.7 Å². The molecule has 0 aliphatic heterocycles. The maximum absolute atomic E-state index is 11.5. The number of carbonyl (C=O) groups excluding carboxylic acids is 2. The Kier molecular flexibility index (Phi) is 4.17. The van der Waals surface area contributed by atoms with Gasteiger partial charge in [-0.25, -0.2) is 0 Å². The fourth-order valence-electron chi connectivity index (χ4n) is 1.67. The number of hydrogen-bond donors (Lipinski definition) is 0. The highest BCUT2D eigenvalue weighted by atomic mass is 32.1. The van der Waals surface area contributed by atoms with Gasteiger partial charge in [-0.05, 0) is 38.1 Å². The Labute approximate surface area is 119 Å². The molecule has 100 valence electrons. The average Bonchev–Trinajstić information content (AvgIpc) is 3.04. The van der Waals surface area contributed by atoms with E-state index >= 15 is 0 Å². The molecule has 0 radical (unpaired) electrons. The molecule has 1 unspecified atom stereocenters. The van der Waals surface area contributed by atoms with Crippen LogP contribution in [0, 0.1) is 0 Å². The SMILES string of the molecule is COC(=O)C(C)c1ccc(-c2ccc(C(C)=O)s2)s1. The highest BCUT2D eigenvalue weighted by Gasteiger charge is 2.18. The number of thiophene rings is 2. The molecular formula is C14H14O3S2. The molecule has 5 heteroatoms. The van der Waals surface area contributed by atoms with Crippen LogP contribution in [0.1, 0.15) is 34.3 Å². The number of rotatable bonds is 4. The summed E-state index contributed by atoms with van der Waals surface area (Å²) in [7, 11) is 1.39. The van der Waals surface area contributed by atoms with Gasteiger partial charge in [0.1, 0.15) is 0 Å². The van der Waals surface area contributed by atoms with E-state index in [1.54, 1.807) is 18.3 Å². The Morgan fingerprint density at radius 3 is 2.32 bits per heavy atom. The molecule has 2 aromatic rings. The topological polar surface area (TPSA) is 43.4 Å². The van der Waals surface area contributed by atoms with Gasteiger partial charge < -0.3 is 4.74 Å². The Balaban J connectivity index is 2.25. The summed E-state index contributed by atoms with van der Waals surface area (Å²) >= 11 is 3.04. The number of hydrogen-bond acceptors (Lipinski definition) is 5. The Bertz CT molecular complexity index is 610. The molecule has 0 aromatic carbocycles. The van der Waals surface area contributed by atoms with Crippen LogP contribution in [0.25, 0.3) is 9.75 Å². The molecule has 0 saturated heterocycles. The summed E-state index contributed by atoms with van der Waals surface area (Å²) in [4.78, 5) is 26.6. The molecule has 19 heavy (non-hydrogen) atoms. The lowest BCUT2D eigenvalue weighted by atomic mass is 10.1. The molecule has 2 aromatic heterocycles. The maximum atomic E-state index is 11.5. The lowest BCUT2D eigenvalue weighted by Crippen LogP contribution is -2.09. The third-order valence-electron chi connectivity index (χ3n) is 2.80. The van der Waals surface area contributed by atoms with Gasteiger partial charge in [0.25, 0.3) is 0 Å². The van der Waals surface area contributed by atoms with Crippen LogP contribution in [0.15, 0.2) is 24.3 Å². The summed E-state index contributed by atoms with van der Waals surface area (Å²) in [5.41, 5.74) is 0. The minimum atomic E-state index is -0.254. The number of Topliss-reactive ketones (excluding diaryl/α,β-unsaturated/α-hetero) is 1. The normalized spacial score (nSPS) is 12.2. The first kappa shape index (κ1) is 14.0. The first-order valence-electron chi connectivity index (χ1n) is 5.81. The average molecular weight is 294 g/mol. The molecule has 0 saturated carbocycles. The number of ketones is 1. The van der Waals surface area contributed by atoms with Crippen LogP contribution < -0.4 is 0 Å². The van der Waals surface area contributed by atoms with E-state index in [-0.39, 0.29) is 17.7 Å². The van der Waals surface area contributed by atoms with Crippen LogP contribution in [-0.4, -0.2) is 18.9 Å². The molecule has 0 aliphatic carbocycles. The van der Waals surface area contributed by atoms with Gasteiger partial charge >= 0.3 is 5.97 Å². The maximum Gasteiger partial charge on any atom is 0.313 e. The fraction of sp³-hybridized carbons (Fsp3) is 0.286. The summed E-state index contributed by atoms with van der Waals surface area (Å²) in [6.45, 7) is 3.39. The van der Waals surface area contributed by atoms with Crippen molar-refractivity contribution in [1.82, 2.24) is 0 Å². The Morgan fingerprint density at radius 1 is 1.11 bits per heavy atom. The molecule has 0 bridgehead atoms. The zero-order valence-electron chi connectivity index (χ0n) is 10.9. The standard InChI is InChI=1S/C14H14O3S2/c1-8(14(16)17-3)10-4-6-12(18-10)13-7-5-11(19-13)9(2)15/h4-8H,1-3H3. The van der Waals surface area contributed by atoms with E-state index in [1.165, 1.54) is 18.4 Å². The third-order valence-corrected chi connectivity index (χ3v) is 5.45. The highest BCUT2D eigenvalue weighted by Crippen LogP contribution is 2.36. The molecule has 0 aliphatic rings. The lowest BCUT2D eigenvalue weighted by molar-refractivity contribution is -0.141. The first-order valence-corrected chi connectivity index (χ1v) is 7.45. The lowest BCUT2D eigenvalue weighted by Gasteiger charge is -2.05. The largest absolute Gasteiger partial charge is 0.469 e. The van der Waals surface area contributed by atoms with Crippen molar-refractivity contribution >= 4 is 34.4 Å². The van der Waals surface area contributed by atoms with Crippen molar-refractivity contribution in [1.29, 1.82) is 0 Å². The van der Waals surface area contributed by atoms with Crippen molar-refractivity contribution in [2.75, 3.05) is 7.11 Å². The molecule has 0 spiro atoms. The molecule has 0 N–H and O–H groups in total. The Morgan fingerprint density at radius 2 is 1.74 bits per heavy atom. The van der Waals surface area contributed by atoms with Gasteiger partial charge in [-0.15, -0.1) is 22.7 Å². The number of esters is 1. The number of ether oxygens (including phenoxy) is 1. The molecular weight excluding hydrogens is 280 g/mol. The van der Waals surface area contributed by atoms with E-state index in [0.717, 1.165) is 19.5 Å². The van der Waals surface area contributed by atoms with Gasteiger partial charge in [0.05, 0.1) is 17.9 Å². The summed E-state index contributed by atoms with van der Waals surface area (Å²) in [5, 5.41) is 0. The minimum Gasteiger partial charge on any atom is -0.469 e. The van der Waals surface area contributed by atoms with Crippen LogP contribution in [0.3, 0.4) is 0 Å². The second kappa shape index (κ2) is 5.67. The molecule has 2 heterocycles. The van der Waals surface area contributed by atoms with E-state index in [1.807, 2.05) is 31.2 Å². The zero-order chi connectivity index (χ0) is 14.0. The van der Waals surface area contributed by atoms with Crippen LogP contribution in [-0.2, 0) is 9.53 Å². The van der Waals surface area contributed by atoms with Gasteiger partial charge in [0.15, 0.2) is 5.78 Å². The second-order valence-corrected chi connectivity index (χ2v) is 6.37. The first-order chi connectivity index (χ1) is 9.02. The third kappa shape index (κ3) is 2.93. The summed E-state index contributed by atoms with van der Waals surface area (Å²) in [6.07, 6.45) is 0. The van der Waals surface area contributed by atoms with E-state index in [4.69, 9.17) is 4.74 Å². The van der Waals surface area contributed by atoms with Gasteiger partial charge in [-0.3, -0.25) is 9.59 Å². The smallest absolute Gasteiger partial charge is 0.313 e. The molecule has 0 fully saturated rings. The minimum absolute atomic E-state index is 0.0796.